The smallest absolute Gasteiger partial charge is 0.267 e. The van der Waals surface area contributed by atoms with Gasteiger partial charge in [0.15, 0.2) is 0 Å². The second-order valence-electron chi connectivity index (χ2n) is 14.0. The fourth-order valence-electron chi connectivity index (χ4n) is 5.64. The van der Waals surface area contributed by atoms with Gasteiger partial charge >= 0.3 is 0 Å². The summed E-state index contributed by atoms with van der Waals surface area (Å²) in [5.41, 5.74) is 7.37. The Hall–Kier alpha value is -5.41. The van der Waals surface area contributed by atoms with Crippen LogP contribution >= 0.6 is 0 Å². The molecule has 9 heteroatoms. The summed E-state index contributed by atoms with van der Waals surface area (Å²) in [7, 11) is 1.17. The summed E-state index contributed by atoms with van der Waals surface area (Å²) in [6.07, 6.45) is 0.431. The number of H-pyrrole nitrogens is 1. The number of hydrogen-bond acceptors (Lipinski definition) is 6. The number of nitrogens with zero attached hydrogens (tertiary/aromatic N) is 3. The minimum absolute atomic E-state index is 0.0326. The quantitative estimate of drug-likeness (QED) is 0.137. The van der Waals surface area contributed by atoms with Crippen LogP contribution < -0.4 is 19.5 Å². The molecule has 2 heterocycles. The average molecular weight is 685 g/mol. The van der Waals surface area contributed by atoms with Gasteiger partial charge in [0, 0.05) is 23.1 Å². The molecule has 0 aliphatic heterocycles. The van der Waals surface area contributed by atoms with Crippen LogP contribution in [-0.2, 0) is 13.0 Å². The predicted octanol–water partition coefficient (Wildman–Crippen LogP) is 9.01. The molecule has 0 spiro atoms. The first-order valence-corrected chi connectivity index (χ1v) is 19.7. The van der Waals surface area contributed by atoms with E-state index in [4.69, 9.17) is 19.0 Å². The van der Waals surface area contributed by atoms with Crippen molar-refractivity contribution in [2.45, 2.75) is 51.9 Å². The zero-order chi connectivity index (χ0) is 35.5. The summed E-state index contributed by atoms with van der Waals surface area (Å²) >= 11 is 0. The zero-order valence-corrected chi connectivity index (χ0v) is 30.8. The van der Waals surface area contributed by atoms with Crippen molar-refractivity contribution in [1.29, 1.82) is 0 Å². The highest BCUT2D eigenvalue weighted by Gasteiger charge is 2.39. The van der Waals surface area contributed by atoms with Crippen molar-refractivity contribution in [2.75, 3.05) is 14.2 Å². The van der Waals surface area contributed by atoms with Crippen LogP contribution in [0, 0.1) is 0 Å². The molecular weight excluding hydrogens is 641 g/mol. The summed E-state index contributed by atoms with van der Waals surface area (Å²) in [5.74, 6) is 2.37. The van der Waals surface area contributed by atoms with Crippen molar-refractivity contribution in [3.8, 4) is 51.0 Å². The van der Waals surface area contributed by atoms with Gasteiger partial charge in [0.1, 0.15) is 22.9 Å². The fraction of sp³-hybridized carbons (Fsp3) is 0.244. The van der Waals surface area contributed by atoms with E-state index in [0.717, 1.165) is 56.5 Å². The molecule has 1 N–H and O–H groups in total. The van der Waals surface area contributed by atoms with E-state index >= 15 is 0 Å². The standard InChI is InChI=1S/C41H44N4O4Si/c1-41(2,3)50(6,7)49-35-15-11-14-31(25-35)39-37(36-26-32(40(46)43-42-36)24-28-16-20-33(47-4)21-17-28)38(30-12-9-8-10-13-30)44-45(39)27-29-18-22-34(48-5)23-19-29/h8-23,25-26H,24,27H2,1-7H3,(H,43,46). The molecule has 0 bridgehead atoms. The molecule has 2 aromatic heterocycles. The van der Waals surface area contributed by atoms with E-state index in [1.807, 2.05) is 102 Å². The lowest BCUT2D eigenvalue weighted by Crippen LogP contribution is -2.43. The lowest BCUT2D eigenvalue weighted by Gasteiger charge is -2.36. The zero-order valence-electron chi connectivity index (χ0n) is 29.8. The summed E-state index contributed by atoms with van der Waals surface area (Å²) in [6, 6.07) is 36.0. The Morgan fingerprint density at radius 2 is 1.36 bits per heavy atom. The Kier molecular flexibility index (Phi) is 9.79. The number of benzene rings is 4. The second kappa shape index (κ2) is 14.2. The van der Waals surface area contributed by atoms with Gasteiger partial charge in [-0.2, -0.15) is 10.2 Å². The Morgan fingerprint density at radius 1 is 0.740 bits per heavy atom. The molecule has 0 fully saturated rings. The van der Waals surface area contributed by atoms with E-state index in [1.165, 1.54) is 0 Å². The largest absolute Gasteiger partial charge is 0.543 e. The molecule has 0 saturated heterocycles. The molecule has 0 atom stereocenters. The van der Waals surface area contributed by atoms with Gasteiger partial charge in [-0.1, -0.05) is 87.5 Å². The summed E-state index contributed by atoms with van der Waals surface area (Å²) in [4.78, 5) is 13.2. The minimum Gasteiger partial charge on any atom is -0.543 e. The molecule has 4 aromatic carbocycles. The number of methoxy groups -OCH3 is 2. The van der Waals surface area contributed by atoms with Crippen LogP contribution in [0.3, 0.4) is 0 Å². The average Bonchev–Trinajstić information content (AvgIpc) is 3.48. The summed E-state index contributed by atoms with van der Waals surface area (Å²) in [6.45, 7) is 11.7. The highest BCUT2D eigenvalue weighted by Crippen LogP contribution is 2.42. The van der Waals surface area contributed by atoms with Crippen molar-refractivity contribution in [2.24, 2.45) is 0 Å². The lowest BCUT2D eigenvalue weighted by atomic mass is 9.97. The number of aromatic nitrogens is 4. The molecule has 256 valence electrons. The van der Waals surface area contributed by atoms with Crippen LogP contribution in [0.5, 0.6) is 17.2 Å². The Morgan fingerprint density at radius 3 is 1.98 bits per heavy atom. The minimum atomic E-state index is -2.13. The van der Waals surface area contributed by atoms with Crippen LogP contribution in [0.1, 0.15) is 37.5 Å². The van der Waals surface area contributed by atoms with Crippen LogP contribution in [0.4, 0.5) is 0 Å². The molecular formula is C41H44N4O4Si. The van der Waals surface area contributed by atoms with Crippen molar-refractivity contribution in [3.05, 3.63) is 136 Å². The number of hydrogen-bond donors (Lipinski definition) is 1. The molecule has 0 aliphatic rings. The molecule has 0 unspecified atom stereocenters. The third kappa shape index (κ3) is 7.43. The van der Waals surface area contributed by atoms with E-state index in [2.05, 4.69) is 56.2 Å². The molecule has 8 nitrogen and oxygen atoms in total. The molecule has 50 heavy (non-hydrogen) atoms. The Labute approximate surface area is 294 Å². The number of rotatable bonds is 11. The van der Waals surface area contributed by atoms with Crippen molar-refractivity contribution in [3.63, 3.8) is 0 Å². The molecule has 6 rings (SSSR count). The Balaban J connectivity index is 1.56. The van der Waals surface area contributed by atoms with Gasteiger partial charge < -0.3 is 13.9 Å². The highest BCUT2D eigenvalue weighted by atomic mass is 28.4. The SMILES string of the molecule is COc1ccc(Cc2cc(-c3c(-c4ccccc4)nn(Cc4ccc(OC)cc4)c3-c3cccc(O[Si](C)(C)C(C)(C)C)c3)n[nH]c2=O)cc1. The molecule has 0 amide bonds. The molecule has 0 radical (unpaired) electrons. The number of aromatic amines is 1. The van der Waals surface area contributed by atoms with Crippen LogP contribution in [-0.4, -0.2) is 42.5 Å². The summed E-state index contributed by atoms with van der Waals surface area (Å²) < 4.78 is 19.6. The van der Waals surface area contributed by atoms with Crippen LogP contribution in [0.15, 0.2) is 114 Å². The fourth-order valence-corrected chi connectivity index (χ4v) is 6.66. The molecule has 0 saturated carbocycles. The summed E-state index contributed by atoms with van der Waals surface area (Å²) in [5, 5.41) is 12.8. The highest BCUT2D eigenvalue weighted by molar-refractivity contribution is 6.74. The van der Waals surface area contributed by atoms with Gasteiger partial charge in [0.25, 0.3) is 5.56 Å². The first kappa shape index (κ1) is 34.4. The molecule has 6 aromatic rings. The second-order valence-corrected chi connectivity index (χ2v) is 18.7. The van der Waals surface area contributed by atoms with Gasteiger partial charge in [-0.05, 0) is 71.7 Å². The first-order valence-electron chi connectivity index (χ1n) is 16.8. The van der Waals surface area contributed by atoms with E-state index in [0.29, 0.717) is 24.2 Å². The van der Waals surface area contributed by atoms with E-state index in [-0.39, 0.29) is 10.6 Å². The predicted molar refractivity (Wildman–Crippen MR) is 203 cm³/mol. The van der Waals surface area contributed by atoms with E-state index in [9.17, 15) is 4.79 Å². The Bertz CT molecular complexity index is 2130. The number of nitrogens with one attached hydrogen (secondary N) is 1. The number of ether oxygens (including phenoxy) is 2. The topological polar surface area (TPSA) is 91.3 Å². The lowest BCUT2D eigenvalue weighted by molar-refractivity contribution is 0.414. The van der Waals surface area contributed by atoms with E-state index < -0.39 is 8.32 Å². The van der Waals surface area contributed by atoms with Gasteiger partial charge in [-0.25, -0.2) is 5.10 Å². The normalized spacial score (nSPS) is 11.7. The maximum atomic E-state index is 13.2. The molecule has 0 aliphatic carbocycles. The first-order chi connectivity index (χ1) is 24.0. The van der Waals surface area contributed by atoms with Crippen molar-refractivity contribution in [1.82, 2.24) is 20.0 Å². The van der Waals surface area contributed by atoms with Crippen molar-refractivity contribution >= 4 is 8.32 Å². The van der Waals surface area contributed by atoms with E-state index in [1.54, 1.807) is 14.2 Å². The van der Waals surface area contributed by atoms with Gasteiger partial charge in [-0.15, -0.1) is 0 Å². The van der Waals surface area contributed by atoms with Crippen molar-refractivity contribution < 1.29 is 13.9 Å². The van der Waals surface area contributed by atoms with Gasteiger partial charge in [0.05, 0.1) is 37.7 Å². The maximum absolute atomic E-state index is 13.2. The third-order valence-electron chi connectivity index (χ3n) is 9.47. The van der Waals surface area contributed by atoms with Gasteiger partial charge in [-0.3, -0.25) is 9.48 Å². The maximum Gasteiger partial charge on any atom is 0.267 e. The third-order valence-corrected chi connectivity index (χ3v) is 13.8. The van der Waals surface area contributed by atoms with Gasteiger partial charge in [0.2, 0.25) is 8.32 Å². The monoisotopic (exact) mass is 684 g/mol. The van der Waals surface area contributed by atoms with Crippen LogP contribution in [0.2, 0.25) is 18.1 Å². The van der Waals surface area contributed by atoms with Crippen LogP contribution in [0.25, 0.3) is 33.8 Å².